The summed E-state index contributed by atoms with van der Waals surface area (Å²) in [7, 11) is 0. The van der Waals surface area contributed by atoms with Crippen molar-refractivity contribution in [2.24, 2.45) is 5.92 Å². The minimum absolute atomic E-state index is 0.120. The lowest BCUT2D eigenvalue weighted by Crippen LogP contribution is -2.38. The molecule has 0 saturated heterocycles. The lowest BCUT2D eigenvalue weighted by Gasteiger charge is -2.23. The predicted octanol–water partition coefficient (Wildman–Crippen LogP) is 2.55. The van der Waals surface area contributed by atoms with Crippen LogP contribution in [0.5, 0.6) is 0 Å². The van der Waals surface area contributed by atoms with E-state index < -0.39 is 11.7 Å². The highest BCUT2D eigenvalue weighted by Crippen LogP contribution is 2.29. The van der Waals surface area contributed by atoms with Crippen molar-refractivity contribution in [2.75, 3.05) is 19.6 Å². The SMILES string of the molecule is CCCN(CC1CC1)C(=O)CCNC(=O)OC(C)(C)C. The van der Waals surface area contributed by atoms with Crippen LogP contribution in [0.1, 0.15) is 53.4 Å². The van der Waals surface area contributed by atoms with E-state index in [1.807, 2.05) is 25.7 Å². The first-order valence-electron chi connectivity index (χ1n) is 7.56. The topological polar surface area (TPSA) is 58.6 Å². The van der Waals surface area contributed by atoms with Crippen molar-refractivity contribution >= 4 is 12.0 Å². The molecule has 20 heavy (non-hydrogen) atoms. The zero-order valence-corrected chi connectivity index (χ0v) is 13.2. The van der Waals surface area contributed by atoms with E-state index in [-0.39, 0.29) is 5.91 Å². The first-order chi connectivity index (χ1) is 9.31. The van der Waals surface area contributed by atoms with Crippen LogP contribution in [0.2, 0.25) is 0 Å². The van der Waals surface area contributed by atoms with Gasteiger partial charge in [-0.15, -0.1) is 0 Å². The maximum absolute atomic E-state index is 12.1. The molecule has 1 N–H and O–H groups in total. The number of alkyl carbamates (subject to hydrolysis) is 1. The Balaban J connectivity index is 2.24. The average molecular weight is 284 g/mol. The van der Waals surface area contributed by atoms with Gasteiger partial charge in [0.05, 0.1) is 0 Å². The predicted molar refractivity (Wildman–Crippen MR) is 78.4 cm³/mol. The molecule has 0 atom stereocenters. The van der Waals surface area contributed by atoms with Gasteiger partial charge in [-0.25, -0.2) is 4.79 Å². The molecule has 0 heterocycles. The number of ether oxygens (including phenoxy) is 1. The van der Waals surface area contributed by atoms with Crippen LogP contribution in [0.15, 0.2) is 0 Å². The summed E-state index contributed by atoms with van der Waals surface area (Å²) < 4.78 is 5.13. The van der Waals surface area contributed by atoms with Crippen molar-refractivity contribution in [3.05, 3.63) is 0 Å². The van der Waals surface area contributed by atoms with Gasteiger partial charge in [-0.05, 0) is 46.0 Å². The highest BCUT2D eigenvalue weighted by Gasteiger charge is 2.26. The maximum atomic E-state index is 12.1. The lowest BCUT2D eigenvalue weighted by atomic mass is 10.2. The number of carbonyl (C=O) groups excluding carboxylic acids is 2. The standard InChI is InChI=1S/C15H28N2O3/c1-5-10-17(11-12-6-7-12)13(18)8-9-16-14(19)20-15(2,3)4/h12H,5-11H2,1-4H3,(H,16,19). The zero-order valence-electron chi connectivity index (χ0n) is 13.2. The normalized spacial score (nSPS) is 14.8. The number of amides is 2. The number of nitrogens with zero attached hydrogens (tertiary/aromatic N) is 1. The van der Waals surface area contributed by atoms with E-state index in [1.165, 1.54) is 12.8 Å². The minimum Gasteiger partial charge on any atom is -0.444 e. The Morgan fingerprint density at radius 2 is 1.95 bits per heavy atom. The van der Waals surface area contributed by atoms with Gasteiger partial charge in [0.15, 0.2) is 0 Å². The molecule has 2 amide bonds. The Kier molecular flexibility index (Phi) is 6.30. The third kappa shape index (κ3) is 7.36. The Bertz CT molecular complexity index is 333. The van der Waals surface area contributed by atoms with Crippen molar-refractivity contribution in [3.63, 3.8) is 0 Å². The molecular formula is C15H28N2O3. The lowest BCUT2D eigenvalue weighted by molar-refractivity contribution is -0.131. The molecule has 5 heteroatoms. The second kappa shape index (κ2) is 7.50. The molecule has 1 rings (SSSR count). The van der Waals surface area contributed by atoms with Gasteiger partial charge in [-0.2, -0.15) is 0 Å². The fraction of sp³-hybridized carbons (Fsp3) is 0.867. The molecule has 0 aromatic heterocycles. The molecule has 1 aliphatic rings. The van der Waals surface area contributed by atoms with Crippen molar-refractivity contribution < 1.29 is 14.3 Å². The second-order valence-corrected chi connectivity index (χ2v) is 6.46. The van der Waals surface area contributed by atoms with Crippen LogP contribution in [-0.4, -0.2) is 42.1 Å². The van der Waals surface area contributed by atoms with Gasteiger partial charge >= 0.3 is 6.09 Å². The van der Waals surface area contributed by atoms with Gasteiger partial charge in [-0.3, -0.25) is 4.79 Å². The van der Waals surface area contributed by atoms with Crippen LogP contribution >= 0.6 is 0 Å². The Labute approximate surface area is 122 Å². The largest absolute Gasteiger partial charge is 0.444 e. The molecular weight excluding hydrogens is 256 g/mol. The van der Waals surface area contributed by atoms with Crippen molar-refractivity contribution in [1.29, 1.82) is 0 Å². The van der Waals surface area contributed by atoms with Crippen molar-refractivity contribution in [3.8, 4) is 0 Å². The molecule has 1 fully saturated rings. The molecule has 1 aliphatic carbocycles. The fourth-order valence-electron chi connectivity index (χ4n) is 1.94. The highest BCUT2D eigenvalue weighted by atomic mass is 16.6. The number of rotatable bonds is 7. The molecule has 0 aromatic carbocycles. The molecule has 0 bridgehead atoms. The fourth-order valence-corrected chi connectivity index (χ4v) is 1.94. The van der Waals surface area contributed by atoms with Gasteiger partial charge in [0.1, 0.15) is 5.60 Å². The molecule has 116 valence electrons. The molecule has 0 spiro atoms. The Hall–Kier alpha value is -1.26. The maximum Gasteiger partial charge on any atom is 0.407 e. The van der Waals surface area contributed by atoms with E-state index in [0.29, 0.717) is 18.9 Å². The van der Waals surface area contributed by atoms with Gasteiger partial charge in [0.25, 0.3) is 0 Å². The van der Waals surface area contributed by atoms with E-state index in [4.69, 9.17) is 4.74 Å². The third-order valence-corrected chi connectivity index (χ3v) is 3.03. The smallest absolute Gasteiger partial charge is 0.407 e. The van der Waals surface area contributed by atoms with E-state index in [0.717, 1.165) is 19.5 Å². The van der Waals surface area contributed by atoms with E-state index >= 15 is 0 Å². The van der Waals surface area contributed by atoms with Gasteiger partial charge in [-0.1, -0.05) is 6.92 Å². The molecule has 1 saturated carbocycles. The first kappa shape index (κ1) is 16.8. The summed E-state index contributed by atoms with van der Waals surface area (Å²) in [5.74, 6) is 0.819. The van der Waals surface area contributed by atoms with Crippen LogP contribution in [0.4, 0.5) is 4.79 Å². The minimum atomic E-state index is -0.506. The Morgan fingerprint density at radius 3 is 2.45 bits per heavy atom. The van der Waals surface area contributed by atoms with E-state index in [2.05, 4.69) is 12.2 Å². The Morgan fingerprint density at radius 1 is 1.30 bits per heavy atom. The number of nitrogens with one attached hydrogen (secondary N) is 1. The van der Waals surface area contributed by atoms with Crippen molar-refractivity contribution in [1.82, 2.24) is 10.2 Å². The zero-order chi connectivity index (χ0) is 15.2. The van der Waals surface area contributed by atoms with Gasteiger partial charge in [0.2, 0.25) is 5.91 Å². The average Bonchev–Trinajstić information content (AvgIpc) is 3.09. The summed E-state index contributed by atoms with van der Waals surface area (Å²) >= 11 is 0. The van der Waals surface area contributed by atoms with E-state index in [1.54, 1.807) is 0 Å². The molecule has 0 aromatic rings. The number of hydrogen-bond donors (Lipinski definition) is 1. The van der Waals surface area contributed by atoms with Crippen LogP contribution in [0, 0.1) is 5.92 Å². The van der Waals surface area contributed by atoms with E-state index in [9.17, 15) is 9.59 Å². The molecule has 0 aliphatic heterocycles. The summed E-state index contributed by atoms with van der Waals surface area (Å²) in [5.41, 5.74) is -0.506. The number of carbonyl (C=O) groups is 2. The van der Waals surface area contributed by atoms with Crippen LogP contribution in [0.3, 0.4) is 0 Å². The van der Waals surface area contributed by atoms with Crippen molar-refractivity contribution in [2.45, 2.75) is 59.0 Å². The molecule has 0 unspecified atom stereocenters. The summed E-state index contributed by atoms with van der Waals surface area (Å²) in [6.45, 7) is 9.54. The monoisotopic (exact) mass is 284 g/mol. The highest BCUT2D eigenvalue weighted by molar-refractivity contribution is 5.77. The quantitative estimate of drug-likeness (QED) is 0.781. The van der Waals surface area contributed by atoms with Crippen LogP contribution in [-0.2, 0) is 9.53 Å². The molecule has 5 nitrogen and oxygen atoms in total. The summed E-state index contributed by atoms with van der Waals surface area (Å²) in [5, 5.41) is 2.63. The summed E-state index contributed by atoms with van der Waals surface area (Å²) in [4.78, 5) is 25.5. The summed E-state index contributed by atoms with van der Waals surface area (Å²) in [6, 6.07) is 0. The summed E-state index contributed by atoms with van der Waals surface area (Å²) in [6.07, 6.45) is 3.33. The number of hydrogen-bond acceptors (Lipinski definition) is 3. The second-order valence-electron chi connectivity index (χ2n) is 6.46. The first-order valence-corrected chi connectivity index (χ1v) is 7.56. The third-order valence-electron chi connectivity index (χ3n) is 3.03. The molecule has 0 radical (unpaired) electrons. The van der Waals surface area contributed by atoms with Crippen LogP contribution < -0.4 is 5.32 Å². The van der Waals surface area contributed by atoms with Gasteiger partial charge < -0.3 is 15.0 Å². The van der Waals surface area contributed by atoms with Gasteiger partial charge in [0, 0.05) is 26.1 Å². The van der Waals surface area contributed by atoms with Crippen LogP contribution in [0.25, 0.3) is 0 Å².